The van der Waals surface area contributed by atoms with Crippen molar-refractivity contribution in [2.75, 3.05) is 0 Å². The van der Waals surface area contributed by atoms with Crippen LogP contribution in [0.1, 0.15) is 25.0 Å². The van der Waals surface area contributed by atoms with Gasteiger partial charge in [0.15, 0.2) is 0 Å². The molecular formula is C17H19N. The van der Waals surface area contributed by atoms with Crippen molar-refractivity contribution in [1.29, 1.82) is 0 Å². The van der Waals surface area contributed by atoms with Crippen LogP contribution in [0.3, 0.4) is 0 Å². The molecule has 1 nitrogen and oxygen atoms in total. The van der Waals surface area contributed by atoms with Gasteiger partial charge in [-0.05, 0) is 48.2 Å². The summed E-state index contributed by atoms with van der Waals surface area (Å²) in [4.78, 5) is 0. The van der Waals surface area contributed by atoms with Crippen LogP contribution in [0, 0.1) is 0 Å². The number of aryl methyl sites for hydroxylation is 3. The lowest BCUT2D eigenvalue weighted by Gasteiger charge is -1.99. The summed E-state index contributed by atoms with van der Waals surface area (Å²) < 4.78 is 2.30. The fourth-order valence-electron chi connectivity index (χ4n) is 2.75. The summed E-state index contributed by atoms with van der Waals surface area (Å²) in [7, 11) is 2.15. The second kappa shape index (κ2) is 4.16. The third-order valence-electron chi connectivity index (χ3n) is 3.95. The molecule has 3 aromatic rings. The van der Waals surface area contributed by atoms with Crippen LogP contribution in [-0.4, -0.2) is 4.57 Å². The molecule has 0 aliphatic carbocycles. The highest BCUT2D eigenvalue weighted by atomic mass is 14.9. The molecule has 2 aromatic carbocycles. The topological polar surface area (TPSA) is 4.93 Å². The maximum atomic E-state index is 2.34. The molecule has 92 valence electrons. The highest BCUT2D eigenvalue weighted by Crippen LogP contribution is 2.29. The summed E-state index contributed by atoms with van der Waals surface area (Å²) in [5.74, 6) is 0. The van der Waals surface area contributed by atoms with E-state index in [9.17, 15) is 0 Å². The zero-order valence-corrected chi connectivity index (χ0v) is 11.3. The van der Waals surface area contributed by atoms with E-state index in [1.807, 2.05) is 0 Å². The molecule has 1 heteroatoms. The predicted octanol–water partition coefficient (Wildman–Crippen LogP) is 4.46. The third kappa shape index (κ3) is 1.54. The van der Waals surface area contributed by atoms with Crippen molar-refractivity contribution in [1.82, 2.24) is 4.57 Å². The molecule has 3 rings (SSSR count). The van der Waals surface area contributed by atoms with Gasteiger partial charge in [-0.15, -0.1) is 0 Å². The van der Waals surface area contributed by atoms with Crippen molar-refractivity contribution in [2.24, 2.45) is 7.05 Å². The van der Waals surface area contributed by atoms with Crippen LogP contribution in [0.2, 0.25) is 0 Å². The molecule has 0 amide bonds. The quantitative estimate of drug-likeness (QED) is 0.620. The van der Waals surface area contributed by atoms with Gasteiger partial charge in [-0.1, -0.05) is 26.0 Å². The van der Waals surface area contributed by atoms with E-state index in [0.717, 1.165) is 12.8 Å². The number of rotatable bonds is 2. The van der Waals surface area contributed by atoms with Crippen LogP contribution < -0.4 is 0 Å². The van der Waals surface area contributed by atoms with E-state index in [0.29, 0.717) is 0 Å². The van der Waals surface area contributed by atoms with Gasteiger partial charge in [0.2, 0.25) is 0 Å². The van der Waals surface area contributed by atoms with Crippen LogP contribution >= 0.6 is 0 Å². The van der Waals surface area contributed by atoms with Crippen molar-refractivity contribution in [3.63, 3.8) is 0 Å². The van der Waals surface area contributed by atoms with E-state index in [1.54, 1.807) is 0 Å². The molecule has 0 aliphatic heterocycles. The molecular weight excluding hydrogens is 218 g/mol. The fraction of sp³-hybridized carbons (Fsp3) is 0.294. The summed E-state index contributed by atoms with van der Waals surface area (Å²) >= 11 is 0. The minimum Gasteiger partial charge on any atom is -0.344 e. The zero-order chi connectivity index (χ0) is 12.7. The maximum absolute atomic E-state index is 2.34. The summed E-state index contributed by atoms with van der Waals surface area (Å²) in [5.41, 5.74) is 5.49. The highest BCUT2D eigenvalue weighted by molar-refractivity contribution is 6.08. The largest absolute Gasteiger partial charge is 0.344 e. The Hall–Kier alpha value is -1.76. The molecule has 18 heavy (non-hydrogen) atoms. The van der Waals surface area contributed by atoms with Gasteiger partial charge in [-0.3, -0.25) is 0 Å². The van der Waals surface area contributed by atoms with Crippen LogP contribution in [-0.2, 0) is 19.9 Å². The van der Waals surface area contributed by atoms with Crippen molar-refractivity contribution < 1.29 is 0 Å². The van der Waals surface area contributed by atoms with E-state index >= 15 is 0 Å². The van der Waals surface area contributed by atoms with Gasteiger partial charge in [0, 0.05) is 28.9 Å². The van der Waals surface area contributed by atoms with Gasteiger partial charge in [0.05, 0.1) is 0 Å². The molecule has 1 aromatic heterocycles. The first-order valence-corrected chi connectivity index (χ1v) is 6.74. The van der Waals surface area contributed by atoms with Crippen molar-refractivity contribution >= 4 is 21.8 Å². The summed E-state index contributed by atoms with van der Waals surface area (Å²) in [6.07, 6.45) is 2.19. The normalized spacial score (nSPS) is 11.5. The maximum Gasteiger partial charge on any atom is 0.0488 e. The first-order chi connectivity index (χ1) is 8.74. The Morgan fingerprint density at radius 1 is 0.778 bits per heavy atom. The van der Waals surface area contributed by atoms with Crippen LogP contribution in [0.5, 0.6) is 0 Å². The lowest BCUT2D eigenvalue weighted by molar-refractivity contribution is 1.01. The Kier molecular flexibility index (Phi) is 2.62. The summed E-state index contributed by atoms with van der Waals surface area (Å²) in [6, 6.07) is 13.7. The average Bonchev–Trinajstić information content (AvgIpc) is 2.71. The Morgan fingerprint density at radius 3 is 1.61 bits per heavy atom. The molecule has 0 fully saturated rings. The number of aromatic nitrogens is 1. The van der Waals surface area contributed by atoms with E-state index in [-0.39, 0.29) is 0 Å². The Morgan fingerprint density at radius 2 is 1.22 bits per heavy atom. The summed E-state index contributed by atoms with van der Waals surface area (Å²) in [6.45, 7) is 4.42. The number of hydrogen-bond acceptors (Lipinski definition) is 0. The van der Waals surface area contributed by atoms with Crippen LogP contribution in [0.15, 0.2) is 36.4 Å². The van der Waals surface area contributed by atoms with E-state index in [4.69, 9.17) is 0 Å². The van der Waals surface area contributed by atoms with Gasteiger partial charge in [0.25, 0.3) is 0 Å². The minimum absolute atomic E-state index is 1.10. The third-order valence-corrected chi connectivity index (χ3v) is 3.95. The molecule has 0 bridgehead atoms. The second-order valence-electron chi connectivity index (χ2n) is 4.97. The number of fused-ring (bicyclic) bond motifs is 3. The highest BCUT2D eigenvalue weighted by Gasteiger charge is 2.08. The smallest absolute Gasteiger partial charge is 0.0488 e. The van der Waals surface area contributed by atoms with Gasteiger partial charge in [0.1, 0.15) is 0 Å². The number of hydrogen-bond donors (Lipinski definition) is 0. The predicted molar refractivity (Wildman–Crippen MR) is 79.2 cm³/mol. The zero-order valence-electron chi connectivity index (χ0n) is 11.3. The molecule has 0 N–H and O–H groups in total. The monoisotopic (exact) mass is 237 g/mol. The molecule has 0 saturated heterocycles. The van der Waals surface area contributed by atoms with Gasteiger partial charge < -0.3 is 4.57 Å². The first-order valence-electron chi connectivity index (χ1n) is 6.74. The molecule has 0 spiro atoms. The Balaban J connectivity index is 2.44. The minimum atomic E-state index is 1.10. The van der Waals surface area contributed by atoms with Crippen molar-refractivity contribution in [3.05, 3.63) is 47.5 Å². The lowest BCUT2D eigenvalue weighted by Crippen LogP contribution is -1.87. The summed E-state index contributed by atoms with van der Waals surface area (Å²) in [5, 5.41) is 2.78. The lowest BCUT2D eigenvalue weighted by atomic mass is 10.1. The van der Waals surface area contributed by atoms with Gasteiger partial charge in [-0.25, -0.2) is 0 Å². The SMILES string of the molecule is CCc1ccc2c(c1)c1cc(CC)ccc1n2C. The van der Waals surface area contributed by atoms with Crippen molar-refractivity contribution in [2.45, 2.75) is 26.7 Å². The van der Waals surface area contributed by atoms with Crippen LogP contribution in [0.25, 0.3) is 21.8 Å². The van der Waals surface area contributed by atoms with Gasteiger partial charge in [-0.2, -0.15) is 0 Å². The van der Waals surface area contributed by atoms with Crippen molar-refractivity contribution in [3.8, 4) is 0 Å². The fourth-order valence-corrected chi connectivity index (χ4v) is 2.75. The molecule has 0 radical (unpaired) electrons. The number of benzene rings is 2. The Labute approximate surface area is 108 Å². The molecule has 1 heterocycles. The Bertz CT molecular complexity index is 658. The van der Waals surface area contributed by atoms with E-state index in [2.05, 4.69) is 61.9 Å². The molecule has 0 aliphatic rings. The van der Waals surface area contributed by atoms with E-state index < -0.39 is 0 Å². The van der Waals surface area contributed by atoms with Gasteiger partial charge >= 0.3 is 0 Å². The molecule has 0 saturated carbocycles. The average molecular weight is 237 g/mol. The standard InChI is InChI=1S/C17H19N/c1-4-12-6-8-16-14(10-12)15-11-13(5-2)7-9-17(15)18(16)3/h6-11H,4-5H2,1-3H3. The molecule has 0 unspecified atom stereocenters. The van der Waals surface area contributed by atoms with E-state index in [1.165, 1.54) is 32.9 Å². The second-order valence-corrected chi connectivity index (χ2v) is 4.97. The number of nitrogens with zero attached hydrogens (tertiary/aromatic N) is 1. The van der Waals surface area contributed by atoms with Crippen LogP contribution in [0.4, 0.5) is 0 Å². The molecule has 0 atom stereocenters. The first kappa shape index (κ1) is 11.3.